The number of hydrogen-bond acceptors (Lipinski definition) is 3. The van der Waals surface area contributed by atoms with Crippen molar-refractivity contribution >= 4 is 11.8 Å². The van der Waals surface area contributed by atoms with Gasteiger partial charge in [0.25, 0.3) is 5.91 Å². The quantitative estimate of drug-likeness (QED) is 0.927. The molecule has 6 nitrogen and oxygen atoms in total. The summed E-state index contributed by atoms with van der Waals surface area (Å²) in [5.74, 6) is 0.0101. The highest BCUT2D eigenvalue weighted by Crippen LogP contribution is 2.25. The minimum absolute atomic E-state index is 0.0304. The summed E-state index contributed by atoms with van der Waals surface area (Å²) in [7, 11) is 1.90. The molecule has 1 aromatic heterocycles. The summed E-state index contributed by atoms with van der Waals surface area (Å²) >= 11 is 0. The van der Waals surface area contributed by atoms with Crippen molar-refractivity contribution in [3.05, 3.63) is 53.9 Å². The number of benzene rings is 1. The standard InChI is InChI=1S/C18H22N4O2/c1-21-11-9-16(20-21)15-8-5-10-22(13-15)17(23)12-19-18(24)14-6-3-2-4-7-14/h2-4,6-7,9,11,15H,5,8,10,12-13H2,1H3,(H,19,24)/t15-/m1/s1. The van der Waals surface area contributed by atoms with Crippen LogP contribution in [-0.4, -0.2) is 46.1 Å². The van der Waals surface area contributed by atoms with E-state index in [-0.39, 0.29) is 24.3 Å². The number of amides is 2. The summed E-state index contributed by atoms with van der Waals surface area (Å²) in [5.41, 5.74) is 1.60. The molecule has 126 valence electrons. The van der Waals surface area contributed by atoms with Crippen molar-refractivity contribution in [3.8, 4) is 0 Å². The van der Waals surface area contributed by atoms with E-state index >= 15 is 0 Å². The van der Waals surface area contributed by atoms with Crippen molar-refractivity contribution in [1.29, 1.82) is 0 Å². The first-order valence-electron chi connectivity index (χ1n) is 8.24. The van der Waals surface area contributed by atoms with E-state index in [0.717, 1.165) is 25.1 Å². The Labute approximate surface area is 141 Å². The van der Waals surface area contributed by atoms with Crippen LogP contribution in [0.15, 0.2) is 42.6 Å². The SMILES string of the molecule is Cn1ccc([C@@H]2CCCN(C(=O)CNC(=O)c3ccccc3)C2)n1. The molecule has 1 fully saturated rings. The van der Waals surface area contributed by atoms with Gasteiger partial charge in [-0.1, -0.05) is 18.2 Å². The fourth-order valence-corrected chi connectivity index (χ4v) is 3.06. The number of carbonyl (C=O) groups excluding carboxylic acids is 2. The van der Waals surface area contributed by atoms with Crippen molar-refractivity contribution in [2.45, 2.75) is 18.8 Å². The normalized spacial score (nSPS) is 17.5. The molecule has 1 N–H and O–H groups in total. The van der Waals surface area contributed by atoms with Crippen LogP contribution in [0.1, 0.15) is 34.8 Å². The Morgan fingerprint density at radius 1 is 1.25 bits per heavy atom. The highest BCUT2D eigenvalue weighted by Gasteiger charge is 2.26. The van der Waals surface area contributed by atoms with Crippen LogP contribution in [0, 0.1) is 0 Å². The minimum atomic E-state index is -0.220. The summed E-state index contributed by atoms with van der Waals surface area (Å²) in [6.45, 7) is 1.43. The molecule has 1 atom stereocenters. The van der Waals surface area contributed by atoms with E-state index in [1.807, 2.05) is 30.3 Å². The van der Waals surface area contributed by atoms with Gasteiger partial charge in [0.15, 0.2) is 0 Å². The number of aryl methyl sites for hydroxylation is 1. The fraction of sp³-hybridized carbons (Fsp3) is 0.389. The number of likely N-dealkylation sites (tertiary alicyclic amines) is 1. The number of carbonyl (C=O) groups is 2. The molecular formula is C18H22N4O2. The van der Waals surface area contributed by atoms with E-state index in [9.17, 15) is 9.59 Å². The average Bonchev–Trinajstić information content (AvgIpc) is 3.06. The van der Waals surface area contributed by atoms with Crippen LogP contribution < -0.4 is 5.32 Å². The maximum atomic E-state index is 12.4. The van der Waals surface area contributed by atoms with Gasteiger partial charge in [-0.05, 0) is 31.0 Å². The smallest absolute Gasteiger partial charge is 0.251 e. The van der Waals surface area contributed by atoms with Crippen molar-refractivity contribution in [2.24, 2.45) is 7.05 Å². The molecule has 0 radical (unpaired) electrons. The number of nitrogens with zero attached hydrogens (tertiary/aromatic N) is 3. The van der Waals surface area contributed by atoms with Crippen LogP contribution in [0.5, 0.6) is 0 Å². The Morgan fingerprint density at radius 2 is 2.04 bits per heavy atom. The van der Waals surface area contributed by atoms with Gasteiger partial charge in [0.05, 0.1) is 12.2 Å². The van der Waals surface area contributed by atoms with Crippen LogP contribution in [0.4, 0.5) is 0 Å². The van der Waals surface area contributed by atoms with Gasteiger partial charge < -0.3 is 10.2 Å². The van der Waals surface area contributed by atoms with E-state index in [2.05, 4.69) is 10.4 Å². The molecule has 1 aliphatic rings. The first kappa shape index (κ1) is 16.2. The van der Waals surface area contributed by atoms with Gasteiger partial charge >= 0.3 is 0 Å². The predicted molar refractivity (Wildman–Crippen MR) is 90.5 cm³/mol. The molecule has 6 heteroatoms. The first-order chi connectivity index (χ1) is 11.6. The monoisotopic (exact) mass is 326 g/mol. The topological polar surface area (TPSA) is 67.2 Å². The Kier molecular flexibility index (Phi) is 4.93. The zero-order valence-corrected chi connectivity index (χ0v) is 13.8. The van der Waals surface area contributed by atoms with Crippen LogP contribution in [-0.2, 0) is 11.8 Å². The van der Waals surface area contributed by atoms with Gasteiger partial charge in [-0.3, -0.25) is 14.3 Å². The lowest BCUT2D eigenvalue weighted by molar-refractivity contribution is -0.131. The number of hydrogen-bond donors (Lipinski definition) is 1. The van der Waals surface area contributed by atoms with Crippen LogP contribution in [0.3, 0.4) is 0 Å². The van der Waals surface area contributed by atoms with E-state index in [1.165, 1.54) is 0 Å². The largest absolute Gasteiger partial charge is 0.343 e. The second-order valence-electron chi connectivity index (χ2n) is 6.14. The van der Waals surface area contributed by atoms with Gasteiger partial charge in [-0.2, -0.15) is 5.10 Å². The lowest BCUT2D eigenvalue weighted by Gasteiger charge is -2.32. The molecule has 1 aliphatic heterocycles. The van der Waals surface area contributed by atoms with Crippen LogP contribution in [0.25, 0.3) is 0 Å². The van der Waals surface area contributed by atoms with Gasteiger partial charge in [-0.15, -0.1) is 0 Å². The van der Waals surface area contributed by atoms with E-state index in [0.29, 0.717) is 12.1 Å². The Hall–Kier alpha value is -2.63. The summed E-state index contributed by atoms with van der Waals surface area (Å²) in [6.07, 6.45) is 3.92. The molecule has 0 spiro atoms. The molecule has 0 unspecified atom stereocenters. The maximum Gasteiger partial charge on any atom is 0.251 e. The molecule has 1 saturated heterocycles. The lowest BCUT2D eigenvalue weighted by Crippen LogP contribution is -2.44. The van der Waals surface area contributed by atoms with Crippen molar-refractivity contribution in [3.63, 3.8) is 0 Å². The molecule has 0 bridgehead atoms. The average molecular weight is 326 g/mol. The van der Waals surface area contributed by atoms with Gasteiger partial charge in [0.2, 0.25) is 5.91 Å². The van der Waals surface area contributed by atoms with Crippen molar-refractivity contribution < 1.29 is 9.59 Å². The number of nitrogens with one attached hydrogen (secondary N) is 1. The highest BCUT2D eigenvalue weighted by atomic mass is 16.2. The molecule has 2 aromatic rings. The predicted octanol–water partition coefficient (Wildman–Crippen LogP) is 1.56. The summed E-state index contributed by atoms with van der Waals surface area (Å²) in [5, 5.41) is 7.16. The van der Waals surface area contributed by atoms with Crippen LogP contribution >= 0.6 is 0 Å². The van der Waals surface area contributed by atoms with E-state index in [4.69, 9.17) is 0 Å². The van der Waals surface area contributed by atoms with Gasteiger partial charge in [0.1, 0.15) is 0 Å². The Bertz CT molecular complexity index is 711. The Balaban J connectivity index is 1.54. The second kappa shape index (κ2) is 7.29. The number of piperidine rings is 1. The van der Waals surface area contributed by atoms with Gasteiger partial charge in [0, 0.05) is 37.8 Å². The maximum absolute atomic E-state index is 12.4. The molecule has 2 heterocycles. The third kappa shape index (κ3) is 3.82. The Morgan fingerprint density at radius 3 is 2.75 bits per heavy atom. The van der Waals surface area contributed by atoms with Gasteiger partial charge in [-0.25, -0.2) is 0 Å². The fourth-order valence-electron chi connectivity index (χ4n) is 3.06. The van der Waals surface area contributed by atoms with Crippen molar-refractivity contribution in [2.75, 3.05) is 19.6 Å². The molecular weight excluding hydrogens is 304 g/mol. The molecule has 0 aliphatic carbocycles. The second-order valence-corrected chi connectivity index (χ2v) is 6.14. The highest BCUT2D eigenvalue weighted by molar-refractivity contribution is 5.96. The van der Waals surface area contributed by atoms with Crippen molar-refractivity contribution in [1.82, 2.24) is 20.0 Å². The summed E-state index contributed by atoms with van der Waals surface area (Å²) < 4.78 is 1.79. The number of aromatic nitrogens is 2. The van der Waals surface area contributed by atoms with E-state index in [1.54, 1.807) is 28.9 Å². The summed E-state index contributed by atoms with van der Waals surface area (Å²) in [4.78, 5) is 26.3. The van der Waals surface area contributed by atoms with E-state index < -0.39 is 0 Å². The molecule has 0 saturated carbocycles. The zero-order chi connectivity index (χ0) is 16.9. The molecule has 1 aromatic carbocycles. The minimum Gasteiger partial charge on any atom is -0.343 e. The summed E-state index contributed by atoms with van der Waals surface area (Å²) in [6, 6.07) is 10.9. The molecule has 2 amide bonds. The third-order valence-corrected chi connectivity index (χ3v) is 4.36. The molecule has 24 heavy (non-hydrogen) atoms. The zero-order valence-electron chi connectivity index (χ0n) is 13.8. The molecule has 3 rings (SSSR count). The lowest BCUT2D eigenvalue weighted by atomic mass is 9.95. The van der Waals surface area contributed by atoms with Crippen LogP contribution in [0.2, 0.25) is 0 Å². The third-order valence-electron chi connectivity index (χ3n) is 4.36. The first-order valence-corrected chi connectivity index (χ1v) is 8.24. The number of rotatable bonds is 4.